The molecule has 0 saturated heterocycles. The maximum atomic E-state index is 11.8. The van der Waals surface area contributed by atoms with Crippen molar-refractivity contribution in [1.29, 1.82) is 0 Å². The smallest absolute Gasteiger partial charge is 0.331 e. The largest absolute Gasteiger partial charge is 0.493 e. The Balaban J connectivity index is 1.82. The van der Waals surface area contributed by atoms with Crippen molar-refractivity contribution in [2.24, 2.45) is 0 Å². The number of ether oxygens (including phenoxy) is 3. The van der Waals surface area contributed by atoms with E-state index in [0.29, 0.717) is 23.1 Å². The topological polar surface area (TPSA) is 73.9 Å². The number of carbonyl (C=O) groups excluding carboxylic acids is 2. The van der Waals surface area contributed by atoms with Crippen LogP contribution in [-0.4, -0.2) is 32.2 Å². The summed E-state index contributed by atoms with van der Waals surface area (Å²) in [5, 5.41) is 3.21. The van der Waals surface area contributed by atoms with E-state index < -0.39 is 11.9 Å². The normalized spacial score (nSPS) is 10.5. The molecule has 0 aliphatic rings. The monoisotopic (exact) mass is 403 g/mol. The molecule has 2 aromatic rings. The van der Waals surface area contributed by atoms with Gasteiger partial charge in [0.25, 0.3) is 5.91 Å². The lowest BCUT2D eigenvalue weighted by Crippen LogP contribution is -2.28. The van der Waals surface area contributed by atoms with Gasteiger partial charge < -0.3 is 19.5 Å². The fourth-order valence-corrected chi connectivity index (χ4v) is 2.50. The standard InChI is InChI=1S/C21H22ClNO5/c1-3-27-19-12-15(8-10-18(19)26-2)9-11-21(25)28-14-20(24)23-13-16-6-4-5-7-17(16)22/h4-12H,3,13-14H2,1-2H3,(H,23,24)/b11-9+. The molecule has 0 aliphatic carbocycles. The molecule has 2 aromatic carbocycles. The SMILES string of the molecule is CCOc1cc(/C=C/C(=O)OCC(=O)NCc2ccccc2Cl)ccc1OC. The lowest BCUT2D eigenvalue weighted by atomic mass is 10.2. The fourth-order valence-electron chi connectivity index (χ4n) is 2.30. The van der Waals surface area contributed by atoms with Gasteiger partial charge in [0, 0.05) is 17.6 Å². The lowest BCUT2D eigenvalue weighted by molar-refractivity contribution is -0.143. The van der Waals surface area contributed by atoms with Crippen LogP contribution in [0.4, 0.5) is 0 Å². The molecule has 0 radical (unpaired) electrons. The molecule has 6 nitrogen and oxygen atoms in total. The molecule has 0 bridgehead atoms. The van der Waals surface area contributed by atoms with Crippen LogP contribution in [0.1, 0.15) is 18.1 Å². The van der Waals surface area contributed by atoms with Gasteiger partial charge in [0.2, 0.25) is 0 Å². The molecule has 0 aliphatic heterocycles. The average Bonchev–Trinajstić information content (AvgIpc) is 2.70. The molecule has 2 rings (SSSR count). The summed E-state index contributed by atoms with van der Waals surface area (Å²) in [6.07, 6.45) is 2.82. The van der Waals surface area contributed by atoms with Crippen molar-refractivity contribution in [3.05, 3.63) is 64.7 Å². The van der Waals surface area contributed by atoms with Gasteiger partial charge in [-0.3, -0.25) is 4.79 Å². The minimum atomic E-state index is -0.623. The molecule has 7 heteroatoms. The summed E-state index contributed by atoms with van der Waals surface area (Å²) in [5.41, 5.74) is 1.53. The average molecular weight is 404 g/mol. The molecule has 148 valence electrons. The maximum absolute atomic E-state index is 11.8. The van der Waals surface area contributed by atoms with E-state index in [1.165, 1.54) is 6.08 Å². The summed E-state index contributed by atoms with van der Waals surface area (Å²) >= 11 is 6.02. The van der Waals surface area contributed by atoms with Crippen LogP contribution in [0.2, 0.25) is 5.02 Å². The first-order valence-electron chi connectivity index (χ1n) is 8.69. The second kappa shape index (κ2) is 11.0. The molecule has 0 fully saturated rings. The second-order valence-corrected chi connectivity index (χ2v) is 6.06. The first kappa shape index (κ1) is 21.3. The van der Waals surface area contributed by atoms with Crippen molar-refractivity contribution >= 4 is 29.6 Å². The highest BCUT2D eigenvalue weighted by molar-refractivity contribution is 6.31. The van der Waals surface area contributed by atoms with Crippen molar-refractivity contribution in [2.45, 2.75) is 13.5 Å². The highest BCUT2D eigenvalue weighted by atomic mass is 35.5. The van der Waals surface area contributed by atoms with Crippen LogP contribution in [0, 0.1) is 0 Å². The van der Waals surface area contributed by atoms with Gasteiger partial charge in [-0.1, -0.05) is 35.9 Å². The highest BCUT2D eigenvalue weighted by Gasteiger charge is 2.07. The Morgan fingerprint density at radius 2 is 1.93 bits per heavy atom. The molecule has 0 spiro atoms. The van der Waals surface area contributed by atoms with Crippen LogP contribution in [0.5, 0.6) is 11.5 Å². The summed E-state index contributed by atoms with van der Waals surface area (Å²) in [7, 11) is 1.56. The van der Waals surface area contributed by atoms with Crippen LogP contribution >= 0.6 is 11.6 Å². The zero-order chi connectivity index (χ0) is 20.4. The van der Waals surface area contributed by atoms with E-state index in [1.54, 1.807) is 37.5 Å². The van der Waals surface area contributed by atoms with Crippen molar-refractivity contribution < 1.29 is 23.8 Å². The van der Waals surface area contributed by atoms with Gasteiger partial charge >= 0.3 is 5.97 Å². The van der Waals surface area contributed by atoms with Crippen LogP contribution in [0.3, 0.4) is 0 Å². The fraction of sp³-hybridized carbons (Fsp3) is 0.238. The Hall–Kier alpha value is -2.99. The Morgan fingerprint density at radius 1 is 1.14 bits per heavy atom. The van der Waals surface area contributed by atoms with E-state index in [2.05, 4.69) is 5.32 Å². The lowest BCUT2D eigenvalue weighted by Gasteiger charge is -2.09. The number of carbonyl (C=O) groups is 2. The van der Waals surface area contributed by atoms with E-state index >= 15 is 0 Å². The zero-order valence-electron chi connectivity index (χ0n) is 15.7. The zero-order valence-corrected chi connectivity index (χ0v) is 16.5. The molecule has 28 heavy (non-hydrogen) atoms. The predicted octanol–water partition coefficient (Wildman–Crippen LogP) is 3.62. The molecule has 0 atom stereocenters. The van der Waals surface area contributed by atoms with Crippen molar-refractivity contribution in [3.8, 4) is 11.5 Å². The number of esters is 1. The molecule has 0 saturated carbocycles. The molecule has 0 aromatic heterocycles. The molecule has 1 amide bonds. The minimum absolute atomic E-state index is 0.262. The molecule has 1 N–H and O–H groups in total. The van der Waals surface area contributed by atoms with Gasteiger partial charge in [-0.15, -0.1) is 0 Å². The van der Waals surface area contributed by atoms with Gasteiger partial charge in [0.1, 0.15) is 0 Å². The Bertz CT molecular complexity index is 850. The Labute approximate surface area is 169 Å². The second-order valence-electron chi connectivity index (χ2n) is 5.65. The molecular weight excluding hydrogens is 382 g/mol. The third-order valence-corrected chi connectivity index (χ3v) is 4.05. The quantitative estimate of drug-likeness (QED) is 0.511. The summed E-state index contributed by atoms with van der Waals surface area (Å²) in [6, 6.07) is 12.5. The number of benzene rings is 2. The number of hydrogen-bond acceptors (Lipinski definition) is 5. The minimum Gasteiger partial charge on any atom is -0.493 e. The summed E-state index contributed by atoms with van der Waals surface area (Å²) in [5.74, 6) is 0.155. The van der Waals surface area contributed by atoms with Gasteiger partial charge in [-0.25, -0.2) is 4.79 Å². The number of halogens is 1. The Kier molecular flexibility index (Phi) is 8.37. The number of methoxy groups -OCH3 is 1. The summed E-state index contributed by atoms with van der Waals surface area (Å²) in [6.45, 7) is 2.25. The maximum Gasteiger partial charge on any atom is 0.331 e. The van der Waals surface area contributed by atoms with Crippen LogP contribution < -0.4 is 14.8 Å². The van der Waals surface area contributed by atoms with E-state index in [4.69, 9.17) is 25.8 Å². The van der Waals surface area contributed by atoms with E-state index in [-0.39, 0.29) is 13.2 Å². The van der Waals surface area contributed by atoms with E-state index in [0.717, 1.165) is 11.1 Å². The highest BCUT2D eigenvalue weighted by Crippen LogP contribution is 2.28. The molecule has 0 heterocycles. The predicted molar refractivity (Wildman–Crippen MR) is 107 cm³/mol. The third kappa shape index (κ3) is 6.63. The van der Waals surface area contributed by atoms with Crippen LogP contribution in [0.25, 0.3) is 6.08 Å². The van der Waals surface area contributed by atoms with E-state index in [1.807, 2.05) is 25.1 Å². The Morgan fingerprint density at radius 3 is 2.64 bits per heavy atom. The molecular formula is C21H22ClNO5. The molecule has 0 unspecified atom stereocenters. The number of hydrogen-bond donors (Lipinski definition) is 1. The van der Waals surface area contributed by atoms with Gasteiger partial charge in [-0.2, -0.15) is 0 Å². The van der Waals surface area contributed by atoms with Crippen LogP contribution in [0.15, 0.2) is 48.5 Å². The van der Waals surface area contributed by atoms with Crippen molar-refractivity contribution in [2.75, 3.05) is 20.3 Å². The third-order valence-electron chi connectivity index (χ3n) is 3.68. The number of amides is 1. The number of rotatable bonds is 9. The van der Waals surface area contributed by atoms with Crippen molar-refractivity contribution in [3.63, 3.8) is 0 Å². The van der Waals surface area contributed by atoms with Gasteiger partial charge in [0.05, 0.1) is 13.7 Å². The number of nitrogens with one attached hydrogen (secondary N) is 1. The first-order valence-corrected chi connectivity index (χ1v) is 9.07. The first-order chi connectivity index (χ1) is 13.5. The summed E-state index contributed by atoms with van der Waals surface area (Å²) in [4.78, 5) is 23.6. The van der Waals surface area contributed by atoms with Gasteiger partial charge in [-0.05, 0) is 42.3 Å². The summed E-state index contributed by atoms with van der Waals surface area (Å²) < 4.78 is 15.6. The van der Waals surface area contributed by atoms with Gasteiger partial charge in [0.15, 0.2) is 18.1 Å². The van der Waals surface area contributed by atoms with Crippen LogP contribution in [-0.2, 0) is 20.9 Å². The van der Waals surface area contributed by atoms with Crippen molar-refractivity contribution in [1.82, 2.24) is 5.32 Å². The van der Waals surface area contributed by atoms with E-state index in [9.17, 15) is 9.59 Å².